The van der Waals surface area contributed by atoms with Crippen LogP contribution < -0.4 is 0 Å². The summed E-state index contributed by atoms with van der Waals surface area (Å²) in [5.74, 6) is 0.870. The summed E-state index contributed by atoms with van der Waals surface area (Å²) in [6, 6.07) is 5.63. The lowest BCUT2D eigenvalue weighted by Gasteiger charge is -1.93. The van der Waals surface area contributed by atoms with Gasteiger partial charge in [-0.2, -0.15) is 5.26 Å². The number of hydrogen-bond donors (Lipinski definition) is 1. The Morgan fingerprint density at radius 3 is 2.88 bits per heavy atom. The second-order valence-electron chi connectivity index (χ2n) is 3.44. The quantitative estimate of drug-likeness (QED) is 0.674. The molecule has 0 saturated carbocycles. The van der Waals surface area contributed by atoms with Gasteiger partial charge >= 0.3 is 0 Å². The number of thioether (sulfide) groups is 1. The van der Waals surface area contributed by atoms with E-state index in [1.807, 2.05) is 0 Å². The maximum Gasteiger partial charge on any atom is 0.166 e. The van der Waals surface area contributed by atoms with E-state index in [-0.39, 0.29) is 0 Å². The third-order valence-electron chi connectivity index (χ3n) is 2.17. The van der Waals surface area contributed by atoms with E-state index in [4.69, 9.17) is 28.5 Å². The first kappa shape index (κ1) is 12.6. The zero-order chi connectivity index (χ0) is 12.3. The maximum atomic E-state index is 8.43. The molecule has 3 nitrogen and oxygen atoms in total. The first-order valence-corrected chi connectivity index (χ1v) is 6.79. The summed E-state index contributed by atoms with van der Waals surface area (Å²) in [7, 11) is 0. The number of rotatable bonds is 4. The minimum atomic E-state index is 0.506. The lowest BCUT2D eigenvalue weighted by atomic mass is 10.3. The molecule has 1 N–H and O–H groups in total. The van der Waals surface area contributed by atoms with Crippen molar-refractivity contribution in [2.75, 3.05) is 5.75 Å². The molecule has 1 aromatic heterocycles. The smallest absolute Gasteiger partial charge is 0.166 e. The number of nitrogens with zero attached hydrogens (tertiary/aromatic N) is 2. The lowest BCUT2D eigenvalue weighted by molar-refractivity contribution is 0.972. The number of nitriles is 1. The van der Waals surface area contributed by atoms with Crippen molar-refractivity contribution in [3.05, 3.63) is 22.2 Å². The standard InChI is InChI=1S/C11H9Cl2N3S/c12-7-5-9-10(6-8(7)13)16-11(15-9)17-4-2-1-3-14/h5-6H,1-2,4H2,(H,15,16). The number of nitrogens with one attached hydrogen (secondary N) is 1. The number of halogens is 2. The van der Waals surface area contributed by atoms with Gasteiger partial charge in [0.05, 0.1) is 27.1 Å². The predicted molar refractivity (Wildman–Crippen MR) is 71.7 cm³/mol. The summed E-state index contributed by atoms with van der Waals surface area (Å²) < 4.78 is 0. The summed E-state index contributed by atoms with van der Waals surface area (Å²) in [6.07, 6.45) is 1.44. The van der Waals surface area contributed by atoms with E-state index in [1.165, 1.54) is 0 Å². The van der Waals surface area contributed by atoms with Crippen LogP contribution in [0.25, 0.3) is 11.0 Å². The molecular weight excluding hydrogens is 277 g/mol. The Balaban J connectivity index is 2.12. The highest BCUT2D eigenvalue weighted by molar-refractivity contribution is 7.99. The van der Waals surface area contributed by atoms with Gasteiger partial charge in [-0.05, 0) is 18.6 Å². The molecule has 0 amide bonds. The summed E-state index contributed by atoms with van der Waals surface area (Å²) >= 11 is 13.4. The fraction of sp³-hybridized carbons (Fsp3) is 0.273. The van der Waals surface area contributed by atoms with E-state index < -0.39 is 0 Å². The van der Waals surface area contributed by atoms with Crippen molar-refractivity contribution in [3.8, 4) is 6.07 Å². The summed E-state index contributed by atoms with van der Waals surface area (Å²) in [5.41, 5.74) is 1.68. The molecule has 17 heavy (non-hydrogen) atoms. The zero-order valence-corrected chi connectivity index (χ0v) is 11.2. The molecule has 1 heterocycles. The summed E-state index contributed by atoms with van der Waals surface area (Å²) in [5, 5.41) is 10.3. The van der Waals surface area contributed by atoms with E-state index >= 15 is 0 Å². The largest absolute Gasteiger partial charge is 0.333 e. The van der Waals surface area contributed by atoms with Gasteiger partial charge in [-0.25, -0.2) is 4.98 Å². The van der Waals surface area contributed by atoms with Gasteiger partial charge in [-0.3, -0.25) is 0 Å². The molecule has 0 radical (unpaired) electrons. The molecule has 0 saturated heterocycles. The van der Waals surface area contributed by atoms with Crippen LogP contribution in [0.2, 0.25) is 10.0 Å². The summed E-state index contributed by atoms with van der Waals surface area (Å²) in [4.78, 5) is 7.56. The predicted octanol–water partition coefficient (Wildman–Crippen LogP) is 4.27. The average molecular weight is 286 g/mol. The Bertz CT molecular complexity index is 535. The Labute approximate surface area is 113 Å². The molecule has 0 aliphatic rings. The van der Waals surface area contributed by atoms with Crippen LogP contribution in [0.3, 0.4) is 0 Å². The van der Waals surface area contributed by atoms with Crippen molar-refractivity contribution in [1.29, 1.82) is 5.26 Å². The molecule has 0 unspecified atom stereocenters. The highest BCUT2D eigenvalue weighted by atomic mass is 35.5. The molecule has 0 bridgehead atoms. The van der Waals surface area contributed by atoms with Crippen molar-refractivity contribution in [2.24, 2.45) is 0 Å². The van der Waals surface area contributed by atoms with Crippen LogP contribution in [0.5, 0.6) is 0 Å². The normalized spacial score (nSPS) is 10.6. The number of unbranched alkanes of at least 4 members (excludes halogenated alkanes) is 1. The molecule has 0 aliphatic carbocycles. The number of aromatic nitrogens is 2. The van der Waals surface area contributed by atoms with Crippen LogP contribution >= 0.6 is 35.0 Å². The van der Waals surface area contributed by atoms with Crippen LogP contribution in [0.4, 0.5) is 0 Å². The van der Waals surface area contributed by atoms with Gasteiger partial charge in [-0.15, -0.1) is 0 Å². The Hall–Kier alpha value is -0.890. The highest BCUT2D eigenvalue weighted by Crippen LogP contribution is 2.28. The van der Waals surface area contributed by atoms with Gasteiger partial charge in [0.15, 0.2) is 5.16 Å². The highest BCUT2D eigenvalue weighted by Gasteiger charge is 2.06. The Kier molecular flexibility index (Phi) is 4.16. The van der Waals surface area contributed by atoms with Crippen molar-refractivity contribution in [3.63, 3.8) is 0 Å². The average Bonchev–Trinajstić information content (AvgIpc) is 2.67. The van der Waals surface area contributed by atoms with Crippen molar-refractivity contribution < 1.29 is 0 Å². The third kappa shape index (κ3) is 3.06. The molecule has 0 atom stereocenters. The fourth-order valence-electron chi connectivity index (χ4n) is 1.37. The number of H-pyrrole nitrogens is 1. The van der Waals surface area contributed by atoms with Crippen molar-refractivity contribution >= 4 is 46.0 Å². The number of benzene rings is 1. The van der Waals surface area contributed by atoms with Crippen LogP contribution in [0.15, 0.2) is 17.3 Å². The molecule has 0 aliphatic heterocycles. The second-order valence-corrected chi connectivity index (χ2v) is 5.33. The molecule has 6 heteroatoms. The Morgan fingerprint density at radius 2 is 2.12 bits per heavy atom. The van der Waals surface area contributed by atoms with E-state index in [2.05, 4.69) is 16.0 Å². The van der Waals surface area contributed by atoms with Crippen LogP contribution in [-0.2, 0) is 0 Å². The van der Waals surface area contributed by atoms with Crippen molar-refractivity contribution in [1.82, 2.24) is 9.97 Å². The Morgan fingerprint density at radius 1 is 1.35 bits per heavy atom. The van der Waals surface area contributed by atoms with Gasteiger partial charge < -0.3 is 4.98 Å². The number of imidazole rings is 1. The maximum absolute atomic E-state index is 8.43. The number of hydrogen-bond acceptors (Lipinski definition) is 3. The van der Waals surface area contributed by atoms with E-state index in [1.54, 1.807) is 23.9 Å². The van der Waals surface area contributed by atoms with Gasteiger partial charge in [0.2, 0.25) is 0 Å². The second kappa shape index (κ2) is 5.63. The minimum Gasteiger partial charge on any atom is -0.333 e. The molecule has 2 rings (SSSR count). The zero-order valence-electron chi connectivity index (χ0n) is 8.83. The molecule has 0 spiro atoms. The van der Waals surface area contributed by atoms with Crippen LogP contribution in [0, 0.1) is 11.3 Å². The van der Waals surface area contributed by atoms with E-state index in [0.29, 0.717) is 16.5 Å². The van der Waals surface area contributed by atoms with Gasteiger partial charge in [-0.1, -0.05) is 35.0 Å². The minimum absolute atomic E-state index is 0.506. The van der Waals surface area contributed by atoms with E-state index in [0.717, 1.165) is 28.4 Å². The molecule has 1 aromatic carbocycles. The third-order valence-corrected chi connectivity index (χ3v) is 3.86. The van der Waals surface area contributed by atoms with Crippen LogP contribution in [0.1, 0.15) is 12.8 Å². The monoisotopic (exact) mass is 285 g/mol. The number of aromatic amines is 1. The van der Waals surface area contributed by atoms with Gasteiger partial charge in [0, 0.05) is 12.2 Å². The number of fused-ring (bicyclic) bond motifs is 1. The van der Waals surface area contributed by atoms with Gasteiger partial charge in [0.25, 0.3) is 0 Å². The molecule has 0 fully saturated rings. The van der Waals surface area contributed by atoms with Gasteiger partial charge in [0.1, 0.15) is 0 Å². The fourth-order valence-corrected chi connectivity index (χ4v) is 2.52. The molecular formula is C11H9Cl2N3S. The first-order valence-electron chi connectivity index (χ1n) is 5.05. The first-order chi connectivity index (χ1) is 8.20. The van der Waals surface area contributed by atoms with E-state index in [9.17, 15) is 0 Å². The molecule has 2 aromatic rings. The molecule has 88 valence electrons. The van der Waals surface area contributed by atoms with Crippen LogP contribution in [-0.4, -0.2) is 15.7 Å². The lowest BCUT2D eigenvalue weighted by Crippen LogP contribution is -1.80. The van der Waals surface area contributed by atoms with Crippen molar-refractivity contribution in [2.45, 2.75) is 18.0 Å². The summed E-state index contributed by atoms with van der Waals surface area (Å²) in [6.45, 7) is 0. The topological polar surface area (TPSA) is 52.5 Å². The SMILES string of the molecule is N#CCCCSc1nc2cc(Cl)c(Cl)cc2[nH]1.